The zero-order valence-electron chi connectivity index (χ0n) is 26.2. The van der Waals surface area contributed by atoms with E-state index in [4.69, 9.17) is 14.2 Å². The first kappa shape index (κ1) is 33.0. The van der Waals surface area contributed by atoms with E-state index in [0.29, 0.717) is 63.8 Å². The molecule has 43 heavy (non-hydrogen) atoms. The number of anilines is 1. The smallest absolute Gasteiger partial charge is 0.410 e. The molecule has 6 atom stereocenters. The van der Waals surface area contributed by atoms with Gasteiger partial charge in [-0.2, -0.15) is 0 Å². The van der Waals surface area contributed by atoms with Gasteiger partial charge in [-0.15, -0.1) is 0 Å². The maximum absolute atomic E-state index is 14.7. The number of carbonyl (C=O) groups is 2. The Morgan fingerprint density at radius 1 is 1.09 bits per heavy atom. The van der Waals surface area contributed by atoms with Crippen LogP contribution in [0.15, 0.2) is 35.9 Å². The van der Waals surface area contributed by atoms with Crippen molar-refractivity contribution in [2.24, 2.45) is 11.8 Å². The number of hydrogen-bond acceptors (Lipinski definition) is 8. The molecule has 0 radical (unpaired) electrons. The van der Waals surface area contributed by atoms with Crippen molar-refractivity contribution in [2.75, 3.05) is 58.4 Å². The lowest BCUT2D eigenvalue weighted by molar-refractivity contribution is -0.151. The van der Waals surface area contributed by atoms with Crippen LogP contribution in [0, 0.1) is 17.7 Å². The summed E-state index contributed by atoms with van der Waals surface area (Å²) in [6.07, 6.45) is 5.03. The Labute approximate surface area is 255 Å². The summed E-state index contributed by atoms with van der Waals surface area (Å²) in [7, 11) is 4.03. The Bertz CT molecular complexity index is 1170. The molecule has 1 aromatic carbocycles. The molecule has 4 rings (SSSR count). The van der Waals surface area contributed by atoms with Gasteiger partial charge in [0.1, 0.15) is 18.0 Å². The largest absolute Gasteiger partial charge is 0.457 e. The van der Waals surface area contributed by atoms with E-state index in [0.717, 1.165) is 17.7 Å². The standard InChI is InChI=1S/C33H48FN3O6/c1-22-6-8-29(38)20-31(39)43-32(23(2)7-9-30(22)42-33(40)37-11-10-27(21-37)35(4)5)24(3)16-25-17-26(34)19-28(18-25)36-12-14-41-15-13-36/h7,9,16-19,22-23,27,29-30,32,38H,6,8,10-15,20-21H2,1-5H3/b9-7-,24-16+/t22-,23-,27-,29+,30-,32-/m0/s1. The zero-order chi connectivity index (χ0) is 31.1. The van der Waals surface area contributed by atoms with Crippen molar-refractivity contribution in [3.05, 3.63) is 47.3 Å². The summed E-state index contributed by atoms with van der Waals surface area (Å²) >= 11 is 0. The van der Waals surface area contributed by atoms with Crippen LogP contribution in [-0.2, 0) is 19.0 Å². The highest BCUT2D eigenvalue weighted by Crippen LogP contribution is 2.28. The molecule has 9 nitrogen and oxygen atoms in total. The molecule has 3 aliphatic rings. The number of aliphatic hydroxyl groups is 1. The second kappa shape index (κ2) is 15.2. The van der Waals surface area contributed by atoms with Crippen LogP contribution in [0.25, 0.3) is 6.08 Å². The summed E-state index contributed by atoms with van der Waals surface area (Å²) in [5.74, 6) is -1.17. The predicted molar refractivity (Wildman–Crippen MR) is 164 cm³/mol. The van der Waals surface area contributed by atoms with Crippen molar-refractivity contribution < 1.29 is 33.3 Å². The van der Waals surface area contributed by atoms with Crippen LogP contribution in [0.5, 0.6) is 0 Å². The lowest BCUT2D eigenvalue weighted by atomic mass is 9.91. The number of likely N-dealkylation sites (N-methyl/N-ethyl adjacent to an activating group) is 1. The van der Waals surface area contributed by atoms with Crippen molar-refractivity contribution >= 4 is 23.8 Å². The van der Waals surface area contributed by atoms with Crippen LogP contribution in [0.3, 0.4) is 0 Å². The summed E-state index contributed by atoms with van der Waals surface area (Å²) in [5.41, 5.74) is 2.19. The van der Waals surface area contributed by atoms with E-state index in [1.54, 1.807) is 4.90 Å². The molecule has 0 unspecified atom stereocenters. The van der Waals surface area contributed by atoms with E-state index in [1.165, 1.54) is 12.1 Å². The Morgan fingerprint density at radius 2 is 1.84 bits per heavy atom. The molecule has 1 N–H and O–H groups in total. The van der Waals surface area contributed by atoms with Crippen molar-refractivity contribution in [3.63, 3.8) is 0 Å². The number of morpholine rings is 1. The molecule has 1 amide bonds. The molecule has 2 saturated heterocycles. The quantitative estimate of drug-likeness (QED) is 0.390. The van der Waals surface area contributed by atoms with Gasteiger partial charge >= 0.3 is 12.1 Å². The third kappa shape index (κ3) is 9.27. The molecule has 238 valence electrons. The molecule has 1 aromatic rings. The summed E-state index contributed by atoms with van der Waals surface area (Å²) in [5, 5.41) is 10.6. The minimum Gasteiger partial charge on any atom is -0.457 e. The van der Waals surface area contributed by atoms with E-state index in [2.05, 4.69) is 9.80 Å². The first-order valence-corrected chi connectivity index (χ1v) is 15.5. The van der Waals surface area contributed by atoms with E-state index in [-0.39, 0.29) is 30.2 Å². The van der Waals surface area contributed by atoms with Gasteiger partial charge in [0.15, 0.2) is 0 Å². The van der Waals surface area contributed by atoms with E-state index in [9.17, 15) is 19.1 Å². The molecule has 0 aliphatic carbocycles. The van der Waals surface area contributed by atoms with Crippen molar-refractivity contribution in [2.45, 2.75) is 70.8 Å². The normalized spacial score (nSPS) is 30.4. The molecule has 3 heterocycles. The monoisotopic (exact) mass is 601 g/mol. The zero-order valence-corrected chi connectivity index (χ0v) is 26.2. The average molecular weight is 602 g/mol. The Balaban J connectivity index is 1.55. The second-order valence-corrected chi connectivity index (χ2v) is 12.5. The Kier molecular flexibility index (Phi) is 11.6. The van der Waals surface area contributed by atoms with E-state index in [1.807, 2.05) is 59.2 Å². The van der Waals surface area contributed by atoms with Gasteiger partial charge in [0.2, 0.25) is 0 Å². The fourth-order valence-electron chi connectivity index (χ4n) is 6.00. The number of hydrogen-bond donors (Lipinski definition) is 1. The van der Waals surface area contributed by atoms with Gasteiger partial charge in [-0.25, -0.2) is 9.18 Å². The highest BCUT2D eigenvalue weighted by atomic mass is 19.1. The van der Waals surface area contributed by atoms with Gasteiger partial charge in [-0.3, -0.25) is 4.79 Å². The topological polar surface area (TPSA) is 91.8 Å². The van der Waals surface area contributed by atoms with Crippen LogP contribution < -0.4 is 4.90 Å². The minimum atomic E-state index is -0.867. The fourth-order valence-corrected chi connectivity index (χ4v) is 6.00. The molecule has 0 saturated carbocycles. The highest BCUT2D eigenvalue weighted by molar-refractivity contribution is 5.71. The van der Waals surface area contributed by atoms with Gasteiger partial charge in [0.05, 0.1) is 25.7 Å². The average Bonchev–Trinajstić information content (AvgIpc) is 3.47. The molecule has 0 bridgehead atoms. The number of esters is 1. The third-order valence-electron chi connectivity index (χ3n) is 8.77. The number of nitrogens with zero attached hydrogens (tertiary/aromatic N) is 3. The van der Waals surface area contributed by atoms with Gasteiger partial charge in [-0.1, -0.05) is 26.0 Å². The van der Waals surface area contributed by atoms with Crippen LogP contribution in [0.4, 0.5) is 14.9 Å². The Morgan fingerprint density at radius 3 is 2.53 bits per heavy atom. The van der Waals surface area contributed by atoms with Crippen molar-refractivity contribution in [1.82, 2.24) is 9.80 Å². The third-order valence-corrected chi connectivity index (χ3v) is 8.77. The molecular formula is C33H48FN3O6. The molecule has 0 spiro atoms. The van der Waals surface area contributed by atoms with Crippen LogP contribution >= 0.6 is 0 Å². The Hall–Kier alpha value is -2.95. The number of carbonyl (C=O) groups excluding carboxylic acids is 2. The first-order valence-electron chi connectivity index (χ1n) is 15.5. The molecular weight excluding hydrogens is 553 g/mol. The lowest BCUT2D eigenvalue weighted by Crippen LogP contribution is -2.37. The SMILES string of the molecule is C/C(=C\c1cc(F)cc(N2CCOCC2)c1)[C@H]1OC(=O)C[C@H](O)CC[C@H](C)[C@@H](OC(=O)N2CC[C@H](N(C)C)C2)/C=C\[C@@H]1C. The molecule has 2 fully saturated rings. The number of benzene rings is 1. The van der Waals surface area contributed by atoms with E-state index < -0.39 is 24.3 Å². The highest BCUT2D eigenvalue weighted by Gasteiger charge is 2.32. The summed E-state index contributed by atoms with van der Waals surface area (Å²) in [6, 6.07) is 5.22. The number of amides is 1. The number of rotatable bonds is 5. The maximum atomic E-state index is 14.7. The van der Waals surface area contributed by atoms with E-state index >= 15 is 0 Å². The maximum Gasteiger partial charge on any atom is 0.410 e. The number of cyclic esters (lactones) is 1. The van der Waals surface area contributed by atoms with Crippen molar-refractivity contribution in [1.29, 1.82) is 0 Å². The predicted octanol–water partition coefficient (Wildman–Crippen LogP) is 4.49. The van der Waals surface area contributed by atoms with Gasteiger partial charge in [0.25, 0.3) is 0 Å². The van der Waals surface area contributed by atoms with Gasteiger partial charge in [0, 0.05) is 43.8 Å². The van der Waals surface area contributed by atoms with Crippen molar-refractivity contribution in [3.8, 4) is 0 Å². The van der Waals surface area contributed by atoms with Crippen LogP contribution in [0.2, 0.25) is 0 Å². The molecule has 0 aromatic heterocycles. The molecule has 3 aliphatic heterocycles. The summed E-state index contributed by atoms with van der Waals surface area (Å²) in [4.78, 5) is 31.9. The lowest BCUT2D eigenvalue weighted by Gasteiger charge is -2.29. The molecule has 10 heteroatoms. The number of ether oxygens (including phenoxy) is 3. The fraction of sp³-hybridized carbons (Fsp3) is 0.636. The van der Waals surface area contributed by atoms with Gasteiger partial charge < -0.3 is 34.0 Å². The number of likely N-dealkylation sites (tertiary alicyclic amines) is 1. The van der Waals surface area contributed by atoms with Crippen LogP contribution in [0.1, 0.15) is 52.0 Å². The minimum absolute atomic E-state index is 0.0641. The summed E-state index contributed by atoms with van der Waals surface area (Å²) in [6.45, 7) is 9.63. The summed E-state index contributed by atoms with van der Waals surface area (Å²) < 4.78 is 32.0. The number of aliphatic hydroxyl groups excluding tert-OH is 1. The second-order valence-electron chi connectivity index (χ2n) is 12.5. The van der Waals surface area contributed by atoms with Gasteiger partial charge in [-0.05, 0) is 81.6 Å². The van der Waals surface area contributed by atoms with Crippen LogP contribution in [-0.4, -0.2) is 105 Å². The number of halogens is 1. The first-order chi connectivity index (χ1) is 20.5.